The Balaban J connectivity index is 1.68. The average molecular weight is 327 g/mol. The highest BCUT2D eigenvalue weighted by atomic mass is 32.1. The second kappa shape index (κ2) is 6.10. The molecule has 4 rings (SSSR count). The van der Waals surface area contributed by atoms with Crippen molar-refractivity contribution in [1.82, 2.24) is 19.9 Å². The molecule has 0 bridgehead atoms. The van der Waals surface area contributed by atoms with Gasteiger partial charge in [-0.3, -0.25) is 4.79 Å². The van der Waals surface area contributed by atoms with Crippen molar-refractivity contribution < 1.29 is 0 Å². The number of piperazine rings is 1. The Morgan fingerprint density at radius 2 is 1.96 bits per heavy atom. The van der Waals surface area contributed by atoms with Gasteiger partial charge in [0.05, 0.1) is 0 Å². The number of aromatic nitrogens is 3. The van der Waals surface area contributed by atoms with Gasteiger partial charge in [-0.2, -0.15) is 9.61 Å². The van der Waals surface area contributed by atoms with Crippen LogP contribution in [0.15, 0.2) is 41.2 Å². The van der Waals surface area contributed by atoms with Crippen LogP contribution in [0.5, 0.6) is 0 Å². The minimum absolute atomic E-state index is 0.112. The number of fused-ring (bicyclic) bond motifs is 1. The lowest BCUT2D eigenvalue weighted by Gasteiger charge is -2.27. The first-order valence-corrected chi connectivity index (χ1v) is 8.51. The molecule has 1 saturated heterocycles. The van der Waals surface area contributed by atoms with Crippen LogP contribution in [-0.4, -0.2) is 40.8 Å². The van der Waals surface area contributed by atoms with Crippen molar-refractivity contribution in [2.24, 2.45) is 0 Å². The summed E-state index contributed by atoms with van der Waals surface area (Å²) in [5.41, 5.74) is 1.07. The topological polar surface area (TPSA) is 62.5 Å². The van der Waals surface area contributed by atoms with Crippen molar-refractivity contribution in [2.45, 2.75) is 6.42 Å². The van der Waals surface area contributed by atoms with E-state index in [0.717, 1.165) is 43.4 Å². The summed E-state index contributed by atoms with van der Waals surface area (Å²) in [5, 5.41) is 8.63. The lowest BCUT2D eigenvalue weighted by atomic mass is 10.2. The van der Waals surface area contributed by atoms with Crippen LogP contribution in [0.2, 0.25) is 0 Å². The average Bonchev–Trinajstić information content (AvgIpc) is 2.99. The molecule has 23 heavy (non-hydrogen) atoms. The summed E-state index contributed by atoms with van der Waals surface area (Å²) < 4.78 is 1.41. The molecule has 118 valence electrons. The number of rotatable bonds is 3. The van der Waals surface area contributed by atoms with E-state index in [1.54, 1.807) is 6.07 Å². The quantitative estimate of drug-likeness (QED) is 0.782. The van der Waals surface area contributed by atoms with Gasteiger partial charge in [-0.1, -0.05) is 41.7 Å². The van der Waals surface area contributed by atoms with E-state index in [2.05, 4.69) is 32.4 Å². The smallest absolute Gasteiger partial charge is 0.277 e. The Morgan fingerprint density at radius 1 is 1.17 bits per heavy atom. The molecule has 2 aromatic heterocycles. The van der Waals surface area contributed by atoms with Crippen LogP contribution in [0.4, 0.5) is 5.82 Å². The van der Waals surface area contributed by atoms with Gasteiger partial charge in [0.2, 0.25) is 4.96 Å². The standard InChI is InChI=1S/C16H17N5OS/c22-15-11-13(20-8-6-17-7-9-20)18-16-21(15)19-14(23-16)10-12-4-2-1-3-5-12/h1-5,11,17H,6-10H2. The zero-order valence-corrected chi connectivity index (χ0v) is 13.4. The zero-order chi connectivity index (χ0) is 15.6. The summed E-state index contributed by atoms with van der Waals surface area (Å²) in [6, 6.07) is 11.7. The third-order valence-electron chi connectivity index (χ3n) is 3.91. The van der Waals surface area contributed by atoms with E-state index in [0.29, 0.717) is 4.96 Å². The number of nitrogens with zero attached hydrogens (tertiary/aromatic N) is 4. The molecule has 0 atom stereocenters. The summed E-state index contributed by atoms with van der Waals surface area (Å²) in [6.07, 6.45) is 0.720. The van der Waals surface area contributed by atoms with Crippen LogP contribution in [0.1, 0.15) is 10.6 Å². The highest BCUT2D eigenvalue weighted by Crippen LogP contribution is 2.18. The molecule has 0 spiro atoms. The van der Waals surface area contributed by atoms with Gasteiger partial charge in [0.15, 0.2) is 0 Å². The van der Waals surface area contributed by atoms with Crippen LogP contribution in [0.25, 0.3) is 4.96 Å². The van der Waals surface area contributed by atoms with Crippen molar-refractivity contribution >= 4 is 22.1 Å². The van der Waals surface area contributed by atoms with E-state index in [-0.39, 0.29) is 5.56 Å². The van der Waals surface area contributed by atoms with Crippen molar-refractivity contribution in [1.29, 1.82) is 0 Å². The maximum Gasteiger partial charge on any atom is 0.277 e. The fraction of sp³-hybridized carbons (Fsp3) is 0.312. The highest BCUT2D eigenvalue weighted by Gasteiger charge is 2.15. The molecule has 0 amide bonds. The highest BCUT2D eigenvalue weighted by molar-refractivity contribution is 7.16. The van der Waals surface area contributed by atoms with Crippen LogP contribution < -0.4 is 15.8 Å². The Hall–Kier alpha value is -2.25. The molecule has 3 aromatic rings. The van der Waals surface area contributed by atoms with Gasteiger partial charge in [0.1, 0.15) is 10.8 Å². The number of hydrogen-bond donors (Lipinski definition) is 1. The Bertz CT molecular complexity index is 867. The second-order valence-corrected chi connectivity index (χ2v) is 6.58. The molecule has 7 heteroatoms. The Kier molecular flexibility index (Phi) is 3.80. The fourth-order valence-electron chi connectivity index (χ4n) is 2.74. The van der Waals surface area contributed by atoms with Crippen molar-refractivity contribution in [3.8, 4) is 0 Å². The maximum atomic E-state index is 12.3. The van der Waals surface area contributed by atoms with Crippen LogP contribution >= 0.6 is 11.3 Å². The monoisotopic (exact) mass is 327 g/mol. The normalized spacial score (nSPS) is 15.2. The lowest BCUT2D eigenvalue weighted by Crippen LogP contribution is -2.44. The lowest BCUT2D eigenvalue weighted by molar-refractivity contribution is 0.584. The molecule has 1 aliphatic heterocycles. The maximum absolute atomic E-state index is 12.3. The van der Waals surface area contributed by atoms with Gasteiger partial charge >= 0.3 is 0 Å². The zero-order valence-electron chi connectivity index (χ0n) is 12.6. The number of hydrogen-bond acceptors (Lipinski definition) is 6. The van der Waals surface area contributed by atoms with E-state index in [1.807, 2.05) is 18.2 Å². The molecule has 0 saturated carbocycles. The predicted octanol–water partition coefficient (Wildman–Crippen LogP) is 1.15. The number of nitrogens with one attached hydrogen (secondary N) is 1. The summed E-state index contributed by atoms with van der Waals surface area (Å²) in [6.45, 7) is 3.59. The van der Waals surface area contributed by atoms with Gasteiger partial charge in [-0.15, -0.1) is 0 Å². The van der Waals surface area contributed by atoms with Crippen LogP contribution in [0, 0.1) is 0 Å². The minimum atomic E-state index is -0.112. The Labute approximate surface area is 137 Å². The predicted molar refractivity (Wildman–Crippen MR) is 91.5 cm³/mol. The molecule has 3 heterocycles. The van der Waals surface area contributed by atoms with Gasteiger partial charge in [-0.05, 0) is 5.56 Å². The second-order valence-electron chi connectivity index (χ2n) is 5.54. The van der Waals surface area contributed by atoms with Crippen molar-refractivity contribution in [3.63, 3.8) is 0 Å². The molecule has 1 aromatic carbocycles. The first-order chi connectivity index (χ1) is 11.3. The molecule has 0 aliphatic carbocycles. The number of benzene rings is 1. The first-order valence-electron chi connectivity index (χ1n) is 7.69. The summed E-state index contributed by atoms with van der Waals surface area (Å²) in [5.74, 6) is 0.756. The van der Waals surface area contributed by atoms with E-state index in [4.69, 9.17) is 0 Å². The molecule has 1 aliphatic rings. The molecule has 1 N–H and O–H groups in total. The van der Waals surface area contributed by atoms with Gasteiger partial charge in [0.25, 0.3) is 5.56 Å². The molecule has 0 radical (unpaired) electrons. The van der Waals surface area contributed by atoms with Crippen molar-refractivity contribution in [2.75, 3.05) is 31.1 Å². The van der Waals surface area contributed by atoms with Crippen LogP contribution in [-0.2, 0) is 6.42 Å². The largest absolute Gasteiger partial charge is 0.354 e. The summed E-state index contributed by atoms with van der Waals surface area (Å²) in [4.78, 5) is 19.8. The summed E-state index contributed by atoms with van der Waals surface area (Å²) in [7, 11) is 0. The minimum Gasteiger partial charge on any atom is -0.354 e. The molecule has 1 fully saturated rings. The number of anilines is 1. The molecular formula is C16H17N5OS. The molecule has 6 nitrogen and oxygen atoms in total. The fourth-order valence-corrected chi connectivity index (χ4v) is 3.67. The van der Waals surface area contributed by atoms with Gasteiger partial charge in [-0.25, -0.2) is 4.98 Å². The van der Waals surface area contributed by atoms with E-state index in [9.17, 15) is 4.79 Å². The third-order valence-corrected chi connectivity index (χ3v) is 4.82. The SMILES string of the molecule is O=c1cc(N2CCNCC2)nc2sc(Cc3ccccc3)nn12. The van der Waals surface area contributed by atoms with E-state index >= 15 is 0 Å². The Morgan fingerprint density at radius 3 is 2.74 bits per heavy atom. The third kappa shape index (κ3) is 2.97. The van der Waals surface area contributed by atoms with E-state index < -0.39 is 0 Å². The van der Waals surface area contributed by atoms with E-state index in [1.165, 1.54) is 21.4 Å². The van der Waals surface area contributed by atoms with Gasteiger partial charge in [0, 0.05) is 38.7 Å². The van der Waals surface area contributed by atoms with Gasteiger partial charge < -0.3 is 10.2 Å². The first kappa shape index (κ1) is 14.3. The summed E-state index contributed by atoms with van der Waals surface area (Å²) >= 11 is 1.48. The van der Waals surface area contributed by atoms with Crippen LogP contribution in [0.3, 0.4) is 0 Å². The molecular weight excluding hydrogens is 310 g/mol. The van der Waals surface area contributed by atoms with Crippen molar-refractivity contribution in [3.05, 3.63) is 57.3 Å². The molecule has 0 unspecified atom stereocenters.